The van der Waals surface area contributed by atoms with Crippen LogP contribution in [-0.2, 0) is 10.0 Å². The average Bonchev–Trinajstić information content (AvgIpc) is 2.15. The zero-order valence-electron chi connectivity index (χ0n) is 8.77. The van der Waals surface area contributed by atoms with Crippen LogP contribution >= 0.6 is 0 Å². The standard InChI is InChI=1S/C10H15NO3S/c1-3-7(2)9-5-4-8(6-10(9)12)15(11,13)14/h4-7,12H,3H2,1-2H3,(H2,11,13,14). The molecule has 0 aromatic heterocycles. The first kappa shape index (κ1) is 12.0. The fourth-order valence-electron chi connectivity index (χ4n) is 1.34. The van der Waals surface area contributed by atoms with Crippen molar-refractivity contribution in [2.45, 2.75) is 31.1 Å². The predicted molar refractivity (Wildman–Crippen MR) is 58.2 cm³/mol. The molecular formula is C10H15NO3S. The molecule has 0 heterocycles. The summed E-state index contributed by atoms with van der Waals surface area (Å²) >= 11 is 0. The van der Waals surface area contributed by atoms with Gasteiger partial charge in [-0.15, -0.1) is 0 Å². The van der Waals surface area contributed by atoms with Crippen molar-refractivity contribution >= 4 is 10.0 Å². The highest BCUT2D eigenvalue weighted by Gasteiger charge is 2.13. The fraction of sp³-hybridized carbons (Fsp3) is 0.400. The maximum atomic E-state index is 11.0. The van der Waals surface area contributed by atoms with Crippen LogP contribution < -0.4 is 5.14 Å². The number of sulfonamides is 1. The molecule has 1 unspecified atom stereocenters. The van der Waals surface area contributed by atoms with Crippen molar-refractivity contribution in [2.75, 3.05) is 0 Å². The number of phenolic OH excluding ortho intramolecular Hbond substituents is 1. The molecule has 3 N–H and O–H groups in total. The van der Waals surface area contributed by atoms with Crippen LogP contribution in [0.1, 0.15) is 31.7 Å². The molecule has 1 aromatic carbocycles. The second kappa shape index (κ2) is 4.20. The maximum absolute atomic E-state index is 11.0. The fourth-order valence-corrected chi connectivity index (χ4v) is 1.87. The Kier molecular flexibility index (Phi) is 3.36. The molecular weight excluding hydrogens is 214 g/mol. The molecule has 0 fully saturated rings. The molecule has 1 atom stereocenters. The van der Waals surface area contributed by atoms with Crippen molar-refractivity contribution in [1.29, 1.82) is 0 Å². The van der Waals surface area contributed by atoms with Gasteiger partial charge in [0.25, 0.3) is 0 Å². The van der Waals surface area contributed by atoms with Gasteiger partial charge in [0, 0.05) is 6.07 Å². The Hall–Kier alpha value is -1.07. The molecule has 1 aromatic rings. The van der Waals surface area contributed by atoms with Gasteiger partial charge in [-0.05, 0) is 24.0 Å². The number of aromatic hydroxyl groups is 1. The number of hydrogen-bond acceptors (Lipinski definition) is 3. The Morgan fingerprint density at radius 1 is 1.47 bits per heavy atom. The number of primary sulfonamides is 1. The summed E-state index contributed by atoms with van der Waals surface area (Å²) in [5, 5.41) is 14.6. The Bertz CT molecular complexity index is 454. The molecule has 15 heavy (non-hydrogen) atoms. The molecule has 0 spiro atoms. The summed E-state index contributed by atoms with van der Waals surface area (Å²) in [6, 6.07) is 4.20. The van der Waals surface area contributed by atoms with E-state index in [1.54, 1.807) is 6.07 Å². The first-order chi connectivity index (χ1) is 6.86. The van der Waals surface area contributed by atoms with E-state index in [4.69, 9.17) is 5.14 Å². The number of nitrogens with two attached hydrogens (primary N) is 1. The third-order valence-electron chi connectivity index (χ3n) is 2.47. The van der Waals surface area contributed by atoms with Crippen molar-refractivity contribution < 1.29 is 13.5 Å². The number of rotatable bonds is 3. The average molecular weight is 229 g/mol. The summed E-state index contributed by atoms with van der Waals surface area (Å²) in [6.07, 6.45) is 0.877. The molecule has 0 aliphatic carbocycles. The van der Waals surface area contributed by atoms with Gasteiger partial charge in [0.2, 0.25) is 10.0 Å². The minimum atomic E-state index is -3.73. The Labute approximate surface area is 89.8 Å². The first-order valence-electron chi connectivity index (χ1n) is 4.72. The van der Waals surface area contributed by atoms with Crippen LogP contribution in [0.15, 0.2) is 23.1 Å². The van der Waals surface area contributed by atoms with Gasteiger partial charge < -0.3 is 5.11 Å². The Morgan fingerprint density at radius 3 is 2.47 bits per heavy atom. The van der Waals surface area contributed by atoms with E-state index in [1.807, 2.05) is 13.8 Å². The van der Waals surface area contributed by atoms with Crippen LogP contribution in [0, 0.1) is 0 Å². The zero-order chi connectivity index (χ0) is 11.6. The minimum absolute atomic E-state index is 0.0177. The van der Waals surface area contributed by atoms with Crippen LogP contribution in [0.2, 0.25) is 0 Å². The van der Waals surface area contributed by atoms with Crippen LogP contribution in [0.5, 0.6) is 5.75 Å². The smallest absolute Gasteiger partial charge is 0.238 e. The van der Waals surface area contributed by atoms with E-state index in [0.29, 0.717) is 0 Å². The van der Waals surface area contributed by atoms with Crippen LogP contribution in [-0.4, -0.2) is 13.5 Å². The lowest BCUT2D eigenvalue weighted by molar-refractivity contribution is 0.459. The van der Waals surface area contributed by atoms with E-state index in [-0.39, 0.29) is 16.6 Å². The Morgan fingerprint density at radius 2 is 2.07 bits per heavy atom. The summed E-state index contributed by atoms with van der Waals surface area (Å²) in [7, 11) is -3.73. The summed E-state index contributed by atoms with van der Waals surface area (Å²) in [5.41, 5.74) is 0.741. The Balaban J connectivity index is 3.20. The molecule has 0 saturated heterocycles. The van der Waals surface area contributed by atoms with Gasteiger partial charge in [-0.25, -0.2) is 13.6 Å². The van der Waals surface area contributed by atoms with E-state index >= 15 is 0 Å². The third-order valence-corrected chi connectivity index (χ3v) is 3.38. The first-order valence-corrected chi connectivity index (χ1v) is 6.26. The molecule has 84 valence electrons. The van der Waals surface area contributed by atoms with Crippen molar-refractivity contribution in [3.05, 3.63) is 23.8 Å². The van der Waals surface area contributed by atoms with Crippen LogP contribution in [0.3, 0.4) is 0 Å². The van der Waals surface area contributed by atoms with Crippen molar-refractivity contribution in [2.24, 2.45) is 5.14 Å². The van der Waals surface area contributed by atoms with Gasteiger partial charge >= 0.3 is 0 Å². The van der Waals surface area contributed by atoms with E-state index in [2.05, 4.69) is 0 Å². The minimum Gasteiger partial charge on any atom is -0.508 e. The molecule has 0 amide bonds. The zero-order valence-corrected chi connectivity index (χ0v) is 9.58. The molecule has 5 heteroatoms. The second-order valence-corrected chi connectivity index (χ2v) is 5.14. The summed E-state index contributed by atoms with van der Waals surface area (Å²) in [6.45, 7) is 3.96. The highest BCUT2D eigenvalue weighted by molar-refractivity contribution is 7.89. The van der Waals surface area contributed by atoms with Crippen molar-refractivity contribution in [3.8, 4) is 5.75 Å². The quantitative estimate of drug-likeness (QED) is 0.825. The lowest BCUT2D eigenvalue weighted by Crippen LogP contribution is -2.12. The highest BCUT2D eigenvalue weighted by atomic mass is 32.2. The van der Waals surface area contributed by atoms with E-state index < -0.39 is 10.0 Å². The molecule has 0 aliphatic heterocycles. The highest BCUT2D eigenvalue weighted by Crippen LogP contribution is 2.29. The molecule has 0 radical (unpaired) electrons. The van der Waals surface area contributed by atoms with Crippen LogP contribution in [0.25, 0.3) is 0 Å². The van der Waals surface area contributed by atoms with Gasteiger partial charge in [-0.3, -0.25) is 0 Å². The second-order valence-electron chi connectivity index (χ2n) is 3.57. The van der Waals surface area contributed by atoms with Gasteiger partial charge in [0.05, 0.1) is 4.90 Å². The van der Waals surface area contributed by atoms with E-state index in [1.165, 1.54) is 12.1 Å². The molecule has 4 nitrogen and oxygen atoms in total. The largest absolute Gasteiger partial charge is 0.508 e. The van der Waals surface area contributed by atoms with Crippen LogP contribution in [0.4, 0.5) is 0 Å². The van der Waals surface area contributed by atoms with Gasteiger partial charge in [0.1, 0.15) is 5.75 Å². The summed E-state index contributed by atoms with van der Waals surface area (Å²) in [5.74, 6) is 0.176. The third kappa shape index (κ3) is 2.70. The van der Waals surface area contributed by atoms with Gasteiger partial charge in [-0.1, -0.05) is 19.9 Å². The van der Waals surface area contributed by atoms with Crippen molar-refractivity contribution in [1.82, 2.24) is 0 Å². The van der Waals surface area contributed by atoms with E-state index in [0.717, 1.165) is 12.0 Å². The summed E-state index contributed by atoms with van der Waals surface area (Å²) in [4.78, 5) is -0.0629. The SMILES string of the molecule is CCC(C)c1ccc(S(N)(=O)=O)cc1O. The molecule has 0 saturated carbocycles. The van der Waals surface area contributed by atoms with Crippen molar-refractivity contribution in [3.63, 3.8) is 0 Å². The van der Waals surface area contributed by atoms with E-state index in [9.17, 15) is 13.5 Å². The maximum Gasteiger partial charge on any atom is 0.238 e. The number of phenols is 1. The molecule has 1 rings (SSSR count). The molecule has 0 aliphatic rings. The normalized spacial score (nSPS) is 13.8. The number of hydrogen-bond donors (Lipinski definition) is 2. The predicted octanol–water partition coefficient (Wildman–Crippen LogP) is 1.55. The van der Waals surface area contributed by atoms with Gasteiger partial charge in [0.15, 0.2) is 0 Å². The lowest BCUT2D eigenvalue weighted by Gasteiger charge is -2.11. The molecule has 0 bridgehead atoms. The monoisotopic (exact) mass is 229 g/mol. The summed E-state index contributed by atoms with van der Waals surface area (Å²) < 4.78 is 22.0. The number of benzene rings is 1. The topological polar surface area (TPSA) is 80.4 Å². The lowest BCUT2D eigenvalue weighted by atomic mass is 9.98. The van der Waals surface area contributed by atoms with Gasteiger partial charge in [-0.2, -0.15) is 0 Å².